The number of sulfonamides is 1. The Labute approximate surface area is 199 Å². The third-order valence-electron chi connectivity index (χ3n) is 6.59. The average Bonchev–Trinajstić information content (AvgIpc) is 3.38. The van der Waals surface area contributed by atoms with Gasteiger partial charge in [0.1, 0.15) is 5.82 Å². The standard InChI is InChI=1S/C25H29FN2O5S/c1-17(29)18-6-10-22(11-7-18)34(31,32)28-14-12-20(13-15-28)25(30)27-24(23-3-2-16-33-23)19-4-8-21(26)9-5-19/h4-11,20,23-24H,2-3,12-16H2,1H3,(H,27,30)/t23-,24+/m0/s1. The number of hydrogen-bond donors (Lipinski definition) is 1. The van der Waals surface area contributed by atoms with Gasteiger partial charge in [-0.1, -0.05) is 24.3 Å². The van der Waals surface area contributed by atoms with E-state index in [0.29, 0.717) is 25.0 Å². The van der Waals surface area contributed by atoms with Crippen molar-refractivity contribution in [1.29, 1.82) is 0 Å². The van der Waals surface area contributed by atoms with Crippen molar-refractivity contribution in [3.63, 3.8) is 0 Å². The lowest BCUT2D eigenvalue weighted by Crippen LogP contribution is -2.45. The maximum atomic E-state index is 13.4. The number of carbonyl (C=O) groups is 2. The monoisotopic (exact) mass is 488 g/mol. The number of halogens is 1. The van der Waals surface area contributed by atoms with Gasteiger partial charge in [0.05, 0.1) is 17.0 Å². The van der Waals surface area contributed by atoms with Crippen LogP contribution in [-0.2, 0) is 19.6 Å². The van der Waals surface area contributed by atoms with Crippen molar-refractivity contribution in [2.45, 2.75) is 49.6 Å². The Morgan fingerprint density at radius 1 is 1.03 bits per heavy atom. The molecule has 2 aromatic rings. The highest BCUT2D eigenvalue weighted by atomic mass is 32.2. The summed E-state index contributed by atoms with van der Waals surface area (Å²) in [5.41, 5.74) is 1.24. The highest BCUT2D eigenvalue weighted by molar-refractivity contribution is 7.89. The SMILES string of the molecule is CC(=O)c1ccc(S(=O)(=O)N2CCC(C(=O)N[C@H](c3ccc(F)cc3)[C@@H]3CCCO3)CC2)cc1. The molecule has 0 aromatic heterocycles. The Morgan fingerprint density at radius 2 is 1.68 bits per heavy atom. The molecule has 2 atom stereocenters. The van der Waals surface area contributed by atoms with Gasteiger partial charge in [-0.05, 0) is 62.4 Å². The highest BCUT2D eigenvalue weighted by Crippen LogP contribution is 2.29. The highest BCUT2D eigenvalue weighted by Gasteiger charge is 2.35. The summed E-state index contributed by atoms with van der Waals surface area (Å²) in [5, 5.41) is 3.08. The van der Waals surface area contributed by atoms with Crippen molar-refractivity contribution >= 4 is 21.7 Å². The summed E-state index contributed by atoms with van der Waals surface area (Å²) in [6.07, 6.45) is 2.34. The van der Waals surface area contributed by atoms with E-state index in [9.17, 15) is 22.4 Å². The number of nitrogens with one attached hydrogen (secondary N) is 1. The Balaban J connectivity index is 1.40. The fraction of sp³-hybridized carbons (Fsp3) is 0.440. The summed E-state index contributed by atoms with van der Waals surface area (Å²) in [6.45, 7) is 2.52. The Morgan fingerprint density at radius 3 is 2.24 bits per heavy atom. The minimum atomic E-state index is -3.70. The molecule has 0 aliphatic carbocycles. The molecule has 0 radical (unpaired) electrons. The van der Waals surface area contributed by atoms with Crippen LogP contribution in [0.1, 0.15) is 54.6 Å². The zero-order chi connectivity index (χ0) is 24.3. The summed E-state index contributed by atoms with van der Waals surface area (Å²) in [4.78, 5) is 24.7. The van der Waals surface area contributed by atoms with E-state index in [1.165, 1.54) is 47.6 Å². The number of carbonyl (C=O) groups excluding carboxylic acids is 2. The van der Waals surface area contributed by atoms with Crippen LogP contribution >= 0.6 is 0 Å². The first-order valence-electron chi connectivity index (χ1n) is 11.5. The van der Waals surface area contributed by atoms with Crippen LogP contribution in [0.2, 0.25) is 0 Å². The maximum Gasteiger partial charge on any atom is 0.243 e. The number of Topliss-reactive ketones (excluding diaryl/α,β-unsaturated/α-hetero) is 1. The second-order valence-electron chi connectivity index (χ2n) is 8.85. The molecule has 2 aliphatic rings. The minimum absolute atomic E-state index is 0.127. The second-order valence-corrected chi connectivity index (χ2v) is 10.8. The predicted molar refractivity (Wildman–Crippen MR) is 124 cm³/mol. The topological polar surface area (TPSA) is 92.8 Å². The van der Waals surface area contributed by atoms with Crippen LogP contribution in [0.3, 0.4) is 0 Å². The van der Waals surface area contributed by atoms with E-state index in [2.05, 4.69) is 5.32 Å². The number of rotatable bonds is 7. The van der Waals surface area contributed by atoms with Gasteiger partial charge < -0.3 is 10.1 Å². The molecule has 1 N–H and O–H groups in total. The molecule has 0 unspecified atom stereocenters. The molecule has 182 valence electrons. The van der Waals surface area contributed by atoms with Crippen LogP contribution in [0.4, 0.5) is 4.39 Å². The number of hydrogen-bond acceptors (Lipinski definition) is 5. The number of piperidine rings is 1. The fourth-order valence-corrected chi connectivity index (χ4v) is 6.04. The summed E-state index contributed by atoms with van der Waals surface area (Å²) >= 11 is 0. The van der Waals surface area contributed by atoms with Gasteiger partial charge >= 0.3 is 0 Å². The Kier molecular flexibility index (Phi) is 7.45. The van der Waals surface area contributed by atoms with E-state index in [1.54, 1.807) is 12.1 Å². The third-order valence-corrected chi connectivity index (χ3v) is 8.50. The van der Waals surface area contributed by atoms with Crippen LogP contribution in [0.5, 0.6) is 0 Å². The van der Waals surface area contributed by atoms with Gasteiger partial charge in [0, 0.05) is 31.2 Å². The van der Waals surface area contributed by atoms with Crippen molar-refractivity contribution < 1.29 is 27.1 Å². The molecule has 2 saturated heterocycles. The number of ketones is 1. The van der Waals surface area contributed by atoms with E-state index in [4.69, 9.17) is 4.74 Å². The van der Waals surface area contributed by atoms with Gasteiger partial charge in [0.25, 0.3) is 0 Å². The van der Waals surface area contributed by atoms with Gasteiger partial charge in [-0.25, -0.2) is 12.8 Å². The summed E-state index contributed by atoms with van der Waals surface area (Å²) in [7, 11) is -3.70. The first-order chi connectivity index (χ1) is 16.3. The van der Waals surface area contributed by atoms with Gasteiger partial charge in [-0.2, -0.15) is 4.31 Å². The molecule has 2 aliphatic heterocycles. The number of nitrogens with zero attached hydrogens (tertiary/aromatic N) is 1. The number of benzene rings is 2. The van der Waals surface area contributed by atoms with E-state index in [1.807, 2.05) is 0 Å². The molecule has 34 heavy (non-hydrogen) atoms. The Hall–Kier alpha value is -2.62. The van der Waals surface area contributed by atoms with E-state index in [-0.39, 0.29) is 53.6 Å². The van der Waals surface area contributed by atoms with Crippen molar-refractivity contribution in [3.8, 4) is 0 Å². The molecule has 1 amide bonds. The summed E-state index contributed by atoms with van der Waals surface area (Å²) in [6, 6.07) is 11.6. The van der Waals surface area contributed by atoms with Crippen molar-refractivity contribution in [2.24, 2.45) is 5.92 Å². The Bertz CT molecular complexity index is 1120. The van der Waals surface area contributed by atoms with Crippen LogP contribution in [-0.4, -0.2) is 50.2 Å². The van der Waals surface area contributed by atoms with Crippen molar-refractivity contribution in [1.82, 2.24) is 9.62 Å². The largest absolute Gasteiger partial charge is 0.376 e. The van der Waals surface area contributed by atoms with Crippen LogP contribution < -0.4 is 5.32 Å². The predicted octanol–water partition coefficient (Wildman–Crippen LogP) is 3.47. The zero-order valence-corrected chi connectivity index (χ0v) is 19.9. The first-order valence-corrected chi connectivity index (χ1v) is 13.0. The van der Waals surface area contributed by atoms with Gasteiger partial charge in [0.15, 0.2) is 5.78 Å². The smallest absolute Gasteiger partial charge is 0.243 e. The van der Waals surface area contributed by atoms with Crippen LogP contribution in [0, 0.1) is 11.7 Å². The molecule has 4 rings (SSSR count). The molecular formula is C25H29FN2O5S. The average molecular weight is 489 g/mol. The summed E-state index contributed by atoms with van der Waals surface area (Å²) in [5.74, 6) is -0.938. The molecule has 7 nitrogen and oxygen atoms in total. The van der Waals surface area contributed by atoms with E-state index in [0.717, 1.165) is 18.4 Å². The third kappa shape index (κ3) is 5.37. The van der Waals surface area contributed by atoms with E-state index >= 15 is 0 Å². The number of ether oxygens (including phenoxy) is 1. The van der Waals surface area contributed by atoms with Crippen molar-refractivity contribution in [3.05, 3.63) is 65.5 Å². The van der Waals surface area contributed by atoms with E-state index < -0.39 is 10.0 Å². The zero-order valence-electron chi connectivity index (χ0n) is 19.1. The fourth-order valence-electron chi connectivity index (χ4n) is 4.57. The second kappa shape index (κ2) is 10.3. The molecule has 2 aromatic carbocycles. The molecule has 0 spiro atoms. The molecule has 0 bridgehead atoms. The van der Waals surface area contributed by atoms with Crippen LogP contribution in [0.15, 0.2) is 53.4 Å². The van der Waals surface area contributed by atoms with Gasteiger partial charge in [-0.15, -0.1) is 0 Å². The quantitative estimate of drug-likeness (QED) is 0.603. The number of amides is 1. The molecule has 2 heterocycles. The lowest BCUT2D eigenvalue weighted by Gasteiger charge is -2.32. The van der Waals surface area contributed by atoms with Crippen molar-refractivity contribution in [2.75, 3.05) is 19.7 Å². The van der Waals surface area contributed by atoms with Gasteiger partial charge in [0.2, 0.25) is 15.9 Å². The molecule has 9 heteroatoms. The van der Waals surface area contributed by atoms with Gasteiger partial charge in [-0.3, -0.25) is 9.59 Å². The molecular weight excluding hydrogens is 459 g/mol. The first kappa shape index (κ1) is 24.5. The van der Waals surface area contributed by atoms with Crippen LogP contribution in [0.25, 0.3) is 0 Å². The summed E-state index contributed by atoms with van der Waals surface area (Å²) < 4.78 is 46.6. The molecule has 0 saturated carbocycles. The normalized spacial score (nSPS) is 20.7. The minimum Gasteiger partial charge on any atom is -0.376 e. The molecule has 2 fully saturated rings. The lowest BCUT2D eigenvalue weighted by molar-refractivity contribution is -0.127. The maximum absolute atomic E-state index is 13.4. The lowest BCUT2D eigenvalue weighted by atomic mass is 9.94.